The van der Waals surface area contributed by atoms with Crippen molar-refractivity contribution in [3.05, 3.63) is 36.0 Å². The van der Waals surface area contributed by atoms with Crippen molar-refractivity contribution in [3.63, 3.8) is 0 Å². The highest BCUT2D eigenvalue weighted by Gasteiger charge is 2.32. The highest BCUT2D eigenvalue weighted by Crippen LogP contribution is 2.27. The first kappa shape index (κ1) is 12.3. The smallest absolute Gasteiger partial charge is 0.256 e. The predicted octanol–water partition coefficient (Wildman–Crippen LogP) is 3.43. The summed E-state index contributed by atoms with van der Waals surface area (Å²) in [6.07, 6.45) is 4.10. The third-order valence-electron chi connectivity index (χ3n) is 4.15. The molecule has 1 aliphatic rings. The van der Waals surface area contributed by atoms with Gasteiger partial charge in [0.05, 0.1) is 5.56 Å². The number of rotatable bonds is 2. The number of benzene rings is 1. The summed E-state index contributed by atoms with van der Waals surface area (Å²) in [4.78, 5) is 18.0. The third kappa shape index (κ3) is 2.03. The highest BCUT2D eigenvalue weighted by molar-refractivity contribution is 6.06. The number of fused-ring (bicyclic) bond motifs is 1. The van der Waals surface area contributed by atoms with Crippen LogP contribution in [0.3, 0.4) is 0 Å². The SMILES string of the molecule is CC(C)C1CCCN1C(=O)c1c[nH]c2ccccc12. The number of likely N-dealkylation sites (tertiary alicyclic amines) is 1. The second-order valence-electron chi connectivity index (χ2n) is 5.70. The fourth-order valence-electron chi connectivity index (χ4n) is 3.14. The molecule has 1 aromatic heterocycles. The Hall–Kier alpha value is -1.77. The molecule has 1 aliphatic heterocycles. The molecule has 1 fully saturated rings. The van der Waals surface area contributed by atoms with Gasteiger partial charge in [-0.3, -0.25) is 4.79 Å². The fraction of sp³-hybridized carbons (Fsp3) is 0.438. The van der Waals surface area contributed by atoms with E-state index in [0.29, 0.717) is 12.0 Å². The predicted molar refractivity (Wildman–Crippen MR) is 77.2 cm³/mol. The first-order valence-electron chi connectivity index (χ1n) is 7.05. The molecule has 3 heteroatoms. The Kier molecular flexibility index (Phi) is 3.05. The molecule has 2 heterocycles. The number of aromatic nitrogens is 1. The van der Waals surface area contributed by atoms with Crippen LogP contribution in [0.1, 0.15) is 37.0 Å². The molecular formula is C16H20N2O. The number of hydrogen-bond acceptors (Lipinski definition) is 1. The average Bonchev–Trinajstić information content (AvgIpc) is 3.05. The molecule has 0 radical (unpaired) electrons. The van der Waals surface area contributed by atoms with E-state index in [9.17, 15) is 4.79 Å². The number of carbonyl (C=O) groups is 1. The van der Waals surface area contributed by atoms with Crippen molar-refractivity contribution in [2.45, 2.75) is 32.7 Å². The lowest BCUT2D eigenvalue weighted by molar-refractivity contribution is 0.0703. The van der Waals surface area contributed by atoms with Crippen LogP contribution in [0.5, 0.6) is 0 Å². The number of nitrogens with one attached hydrogen (secondary N) is 1. The summed E-state index contributed by atoms with van der Waals surface area (Å²) in [5.41, 5.74) is 1.84. The van der Waals surface area contributed by atoms with E-state index in [1.54, 1.807) is 0 Å². The average molecular weight is 256 g/mol. The number of aromatic amines is 1. The second kappa shape index (κ2) is 4.72. The Bertz CT molecular complexity index is 600. The summed E-state index contributed by atoms with van der Waals surface area (Å²) < 4.78 is 0. The highest BCUT2D eigenvalue weighted by atomic mass is 16.2. The maximum Gasteiger partial charge on any atom is 0.256 e. The number of para-hydroxylation sites is 1. The molecule has 100 valence electrons. The normalized spacial score (nSPS) is 19.5. The molecule has 1 unspecified atom stereocenters. The van der Waals surface area contributed by atoms with Crippen molar-refractivity contribution in [2.24, 2.45) is 5.92 Å². The number of carbonyl (C=O) groups excluding carboxylic acids is 1. The van der Waals surface area contributed by atoms with Crippen LogP contribution >= 0.6 is 0 Å². The van der Waals surface area contributed by atoms with Crippen molar-refractivity contribution in [2.75, 3.05) is 6.54 Å². The van der Waals surface area contributed by atoms with Gasteiger partial charge < -0.3 is 9.88 Å². The van der Waals surface area contributed by atoms with Gasteiger partial charge in [0, 0.05) is 29.7 Å². The summed E-state index contributed by atoms with van der Waals surface area (Å²) >= 11 is 0. The monoisotopic (exact) mass is 256 g/mol. The van der Waals surface area contributed by atoms with Crippen molar-refractivity contribution in [1.82, 2.24) is 9.88 Å². The van der Waals surface area contributed by atoms with Crippen LogP contribution < -0.4 is 0 Å². The van der Waals surface area contributed by atoms with Crippen LogP contribution in [-0.4, -0.2) is 28.4 Å². The Morgan fingerprint density at radius 2 is 2.16 bits per heavy atom. The van der Waals surface area contributed by atoms with E-state index in [0.717, 1.165) is 35.9 Å². The van der Waals surface area contributed by atoms with Gasteiger partial charge in [0.2, 0.25) is 0 Å². The summed E-state index contributed by atoms with van der Waals surface area (Å²) in [6.45, 7) is 5.29. The molecule has 1 saturated heterocycles. The first-order chi connectivity index (χ1) is 9.18. The van der Waals surface area contributed by atoms with Gasteiger partial charge in [-0.2, -0.15) is 0 Å². The lowest BCUT2D eigenvalue weighted by atomic mass is 10.0. The quantitative estimate of drug-likeness (QED) is 0.878. The molecule has 0 bridgehead atoms. The van der Waals surface area contributed by atoms with Crippen LogP contribution in [0.4, 0.5) is 0 Å². The van der Waals surface area contributed by atoms with E-state index >= 15 is 0 Å². The maximum absolute atomic E-state index is 12.7. The molecule has 2 aromatic rings. The van der Waals surface area contributed by atoms with Crippen LogP contribution in [0.25, 0.3) is 10.9 Å². The number of nitrogens with zero attached hydrogens (tertiary/aromatic N) is 1. The van der Waals surface area contributed by atoms with Crippen molar-refractivity contribution in [3.8, 4) is 0 Å². The summed E-state index contributed by atoms with van der Waals surface area (Å²) in [5, 5.41) is 1.03. The van der Waals surface area contributed by atoms with E-state index in [-0.39, 0.29) is 5.91 Å². The summed E-state index contributed by atoms with van der Waals surface area (Å²) in [7, 11) is 0. The Morgan fingerprint density at radius 3 is 2.95 bits per heavy atom. The van der Waals surface area contributed by atoms with Crippen molar-refractivity contribution in [1.29, 1.82) is 0 Å². The molecule has 0 saturated carbocycles. The zero-order chi connectivity index (χ0) is 13.4. The minimum Gasteiger partial charge on any atom is -0.360 e. The van der Waals surface area contributed by atoms with E-state index in [2.05, 4.69) is 23.7 Å². The van der Waals surface area contributed by atoms with Gasteiger partial charge in [0.1, 0.15) is 0 Å². The maximum atomic E-state index is 12.7. The molecule has 3 rings (SSSR count). The molecule has 1 aromatic carbocycles. The van der Waals surface area contributed by atoms with Crippen LogP contribution in [0.15, 0.2) is 30.5 Å². The van der Waals surface area contributed by atoms with Gasteiger partial charge in [0.15, 0.2) is 0 Å². The molecule has 1 atom stereocenters. The third-order valence-corrected chi connectivity index (χ3v) is 4.15. The summed E-state index contributed by atoms with van der Waals surface area (Å²) in [5.74, 6) is 0.699. The second-order valence-corrected chi connectivity index (χ2v) is 5.70. The number of amides is 1. The van der Waals surface area contributed by atoms with E-state index < -0.39 is 0 Å². The van der Waals surface area contributed by atoms with Crippen LogP contribution in [-0.2, 0) is 0 Å². The Labute approximate surface area is 113 Å². The summed E-state index contributed by atoms with van der Waals surface area (Å²) in [6, 6.07) is 8.38. The van der Waals surface area contributed by atoms with E-state index in [1.807, 2.05) is 30.5 Å². The minimum atomic E-state index is 0.175. The largest absolute Gasteiger partial charge is 0.360 e. The fourth-order valence-corrected chi connectivity index (χ4v) is 3.14. The molecular weight excluding hydrogens is 236 g/mol. The van der Waals surface area contributed by atoms with Crippen molar-refractivity contribution >= 4 is 16.8 Å². The van der Waals surface area contributed by atoms with Gasteiger partial charge in [0.25, 0.3) is 5.91 Å². The zero-order valence-electron chi connectivity index (χ0n) is 11.5. The van der Waals surface area contributed by atoms with Gasteiger partial charge in [-0.05, 0) is 24.8 Å². The van der Waals surface area contributed by atoms with Gasteiger partial charge in [-0.25, -0.2) is 0 Å². The lowest BCUT2D eigenvalue weighted by Gasteiger charge is -2.27. The van der Waals surface area contributed by atoms with Gasteiger partial charge >= 0.3 is 0 Å². The molecule has 0 aliphatic carbocycles. The number of H-pyrrole nitrogens is 1. The van der Waals surface area contributed by atoms with Crippen molar-refractivity contribution < 1.29 is 4.79 Å². The molecule has 19 heavy (non-hydrogen) atoms. The van der Waals surface area contributed by atoms with Gasteiger partial charge in [-0.15, -0.1) is 0 Å². The van der Waals surface area contributed by atoms with Gasteiger partial charge in [-0.1, -0.05) is 32.0 Å². The Morgan fingerprint density at radius 1 is 1.37 bits per heavy atom. The molecule has 3 nitrogen and oxygen atoms in total. The van der Waals surface area contributed by atoms with Crippen LogP contribution in [0.2, 0.25) is 0 Å². The zero-order valence-corrected chi connectivity index (χ0v) is 11.5. The lowest BCUT2D eigenvalue weighted by Crippen LogP contribution is -2.38. The molecule has 1 amide bonds. The molecule has 0 spiro atoms. The van der Waals surface area contributed by atoms with E-state index in [4.69, 9.17) is 0 Å². The topological polar surface area (TPSA) is 36.1 Å². The number of hydrogen-bond donors (Lipinski definition) is 1. The Balaban J connectivity index is 1.95. The van der Waals surface area contributed by atoms with E-state index in [1.165, 1.54) is 0 Å². The molecule has 1 N–H and O–H groups in total. The standard InChI is InChI=1S/C16H20N2O/c1-11(2)15-8-5-9-18(15)16(19)13-10-17-14-7-4-3-6-12(13)14/h3-4,6-7,10-11,15,17H,5,8-9H2,1-2H3. The van der Waals surface area contributed by atoms with Crippen LogP contribution in [0, 0.1) is 5.92 Å². The first-order valence-corrected chi connectivity index (χ1v) is 7.05. The minimum absolute atomic E-state index is 0.175.